The van der Waals surface area contributed by atoms with Gasteiger partial charge in [-0.3, -0.25) is 0 Å². The van der Waals surface area contributed by atoms with Crippen LogP contribution in [0.15, 0.2) is 84.9 Å². The first-order valence-corrected chi connectivity index (χ1v) is 8.96. The average Bonchev–Trinajstić information content (AvgIpc) is 2.59. The minimum Gasteiger partial charge on any atom is -0.403 e. The lowest BCUT2D eigenvalue weighted by Crippen LogP contribution is -2.44. The van der Waals surface area contributed by atoms with Crippen LogP contribution in [-0.2, 0) is 11.0 Å². The van der Waals surface area contributed by atoms with Gasteiger partial charge in [0.25, 0.3) is 9.04 Å². The van der Waals surface area contributed by atoms with Gasteiger partial charge in [0.2, 0.25) is 0 Å². The Hall–Kier alpha value is -1.87. The van der Waals surface area contributed by atoms with E-state index in [-0.39, 0.29) is 0 Å². The molecule has 3 rings (SSSR count). The van der Waals surface area contributed by atoms with Crippen LogP contribution in [0.25, 0.3) is 0 Å². The normalized spacial score (nSPS) is 10.8. The van der Waals surface area contributed by atoms with Crippen molar-refractivity contribution in [3.8, 4) is 0 Å². The molecule has 109 valence electrons. The monoisotopic (exact) mass is 323 g/mol. The Morgan fingerprint density at radius 1 is 0.682 bits per heavy atom. The Balaban J connectivity index is 1.81. The molecule has 3 heteroatoms. The number of benzene rings is 3. The predicted octanol–water partition coefficient (Wildman–Crippen LogP) is 3.66. The van der Waals surface area contributed by atoms with E-state index in [0.29, 0.717) is 6.61 Å². The second kappa shape index (κ2) is 7.41. The van der Waals surface area contributed by atoms with Crippen LogP contribution in [0.2, 0.25) is 5.02 Å². The van der Waals surface area contributed by atoms with Gasteiger partial charge in [-0.05, 0) is 28.1 Å². The maximum Gasteiger partial charge on any atom is 0.283 e. The van der Waals surface area contributed by atoms with E-state index in [1.807, 2.05) is 36.4 Å². The molecule has 1 nitrogen and oxygen atoms in total. The molecule has 1 radical (unpaired) electrons. The summed E-state index contributed by atoms with van der Waals surface area (Å²) in [5, 5.41) is 3.26. The minimum absolute atomic E-state index is 0.593. The van der Waals surface area contributed by atoms with Gasteiger partial charge in [-0.15, -0.1) is 0 Å². The van der Waals surface area contributed by atoms with Crippen molar-refractivity contribution >= 4 is 31.0 Å². The van der Waals surface area contributed by atoms with E-state index in [9.17, 15) is 0 Å². The van der Waals surface area contributed by atoms with Crippen LogP contribution >= 0.6 is 11.6 Å². The lowest BCUT2D eigenvalue weighted by Gasteiger charge is -2.16. The fraction of sp³-hybridized carbons (Fsp3) is 0.0526. The van der Waals surface area contributed by atoms with Crippen molar-refractivity contribution in [2.75, 3.05) is 0 Å². The lowest BCUT2D eigenvalue weighted by molar-refractivity contribution is 0.321. The molecular formula is C19H16ClOSi. The quantitative estimate of drug-likeness (QED) is 0.651. The van der Waals surface area contributed by atoms with Crippen LogP contribution in [0, 0.1) is 0 Å². The van der Waals surface area contributed by atoms with E-state index in [2.05, 4.69) is 48.5 Å². The summed E-state index contributed by atoms with van der Waals surface area (Å²) in [7, 11) is -1.24. The summed E-state index contributed by atoms with van der Waals surface area (Å²) < 4.78 is 6.30. The van der Waals surface area contributed by atoms with Crippen molar-refractivity contribution in [1.82, 2.24) is 0 Å². The molecule has 3 aromatic carbocycles. The SMILES string of the molecule is Clc1ccc(CO[Si](c2ccccc2)c2ccccc2)cc1. The summed E-state index contributed by atoms with van der Waals surface area (Å²) >= 11 is 5.93. The first kappa shape index (κ1) is 15.0. The average molecular weight is 324 g/mol. The van der Waals surface area contributed by atoms with Gasteiger partial charge in [-0.2, -0.15) is 0 Å². The van der Waals surface area contributed by atoms with Crippen molar-refractivity contribution in [3.05, 3.63) is 95.5 Å². The second-order valence-electron chi connectivity index (χ2n) is 4.98. The fourth-order valence-corrected chi connectivity index (χ4v) is 4.34. The van der Waals surface area contributed by atoms with Gasteiger partial charge in [-0.1, -0.05) is 84.4 Å². The van der Waals surface area contributed by atoms with Gasteiger partial charge in [0.15, 0.2) is 0 Å². The summed E-state index contributed by atoms with van der Waals surface area (Å²) in [5.74, 6) is 0. The van der Waals surface area contributed by atoms with E-state index in [1.54, 1.807) is 0 Å². The largest absolute Gasteiger partial charge is 0.403 e. The summed E-state index contributed by atoms with van der Waals surface area (Å²) in [6.45, 7) is 0.593. The molecule has 0 N–H and O–H groups in total. The molecule has 0 heterocycles. The topological polar surface area (TPSA) is 9.23 Å². The molecule has 0 unspecified atom stereocenters. The molecule has 3 aromatic rings. The summed E-state index contributed by atoms with van der Waals surface area (Å²) in [6.07, 6.45) is 0. The van der Waals surface area contributed by atoms with Crippen LogP contribution in [0.4, 0.5) is 0 Å². The first-order valence-electron chi connectivity index (χ1n) is 7.18. The second-order valence-corrected chi connectivity index (χ2v) is 7.51. The Bertz CT molecular complexity index is 659. The standard InChI is InChI=1S/C19H16ClOSi/c20-17-13-11-16(12-14-17)15-21-22(18-7-3-1-4-8-18)19-9-5-2-6-10-19/h1-14H,15H2. The molecule has 22 heavy (non-hydrogen) atoms. The highest BCUT2D eigenvalue weighted by Gasteiger charge is 2.18. The number of halogens is 1. The van der Waals surface area contributed by atoms with E-state index in [4.69, 9.17) is 16.0 Å². The van der Waals surface area contributed by atoms with Crippen molar-refractivity contribution in [1.29, 1.82) is 0 Å². The van der Waals surface area contributed by atoms with E-state index in [0.717, 1.165) is 10.6 Å². The van der Waals surface area contributed by atoms with Gasteiger partial charge in [0.05, 0.1) is 6.61 Å². The molecule has 0 fully saturated rings. The van der Waals surface area contributed by atoms with Gasteiger partial charge in [-0.25, -0.2) is 0 Å². The van der Waals surface area contributed by atoms with Crippen LogP contribution < -0.4 is 10.4 Å². The smallest absolute Gasteiger partial charge is 0.283 e. The van der Waals surface area contributed by atoms with Crippen molar-refractivity contribution < 1.29 is 4.43 Å². The van der Waals surface area contributed by atoms with Crippen LogP contribution in [0.3, 0.4) is 0 Å². The summed E-state index contributed by atoms with van der Waals surface area (Å²) in [4.78, 5) is 0. The number of hydrogen-bond donors (Lipinski definition) is 0. The van der Waals surface area contributed by atoms with Crippen LogP contribution in [0.1, 0.15) is 5.56 Å². The lowest BCUT2D eigenvalue weighted by atomic mass is 10.2. The minimum atomic E-state index is -1.24. The van der Waals surface area contributed by atoms with Crippen molar-refractivity contribution in [3.63, 3.8) is 0 Å². The van der Waals surface area contributed by atoms with Crippen molar-refractivity contribution in [2.45, 2.75) is 6.61 Å². The first-order chi connectivity index (χ1) is 10.8. The van der Waals surface area contributed by atoms with Crippen molar-refractivity contribution in [2.24, 2.45) is 0 Å². The zero-order valence-corrected chi connectivity index (χ0v) is 13.8. The van der Waals surface area contributed by atoms with Gasteiger partial charge < -0.3 is 4.43 Å². The van der Waals surface area contributed by atoms with E-state index in [1.165, 1.54) is 10.4 Å². The van der Waals surface area contributed by atoms with Gasteiger partial charge >= 0.3 is 0 Å². The van der Waals surface area contributed by atoms with Crippen LogP contribution in [0.5, 0.6) is 0 Å². The third-order valence-corrected chi connectivity index (χ3v) is 5.77. The number of rotatable bonds is 5. The zero-order chi connectivity index (χ0) is 15.2. The summed E-state index contributed by atoms with van der Waals surface area (Å²) in [6, 6.07) is 28.7. The Kier molecular flexibility index (Phi) is 5.06. The molecule has 0 aliphatic heterocycles. The fourth-order valence-electron chi connectivity index (χ4n) is 2.25. The molecule has 0 amide bonds. The predicted molar refractivity (Wildman–Crippen MR) is 94.1 cm³/mol. The highest BCUT2D eigenvalue weighted by Crippen LogP contribution is 2.10. The molecule has 0 saturated heterocycles. The highest BCUT2D eigenvalue weighted by atomic mass is 35.5. The molecule has 0 bridgehead atoms. The van der Waals surface area contributed by atoms with Gasteiger partial charge in [0, 0.05) is 5.02 Å². The Labute approximate surface area is 137 Å². The number of hydrogen-bond acceptors (Lipinski definition) is 1. The molecular weight excluding hydrogens is 308 g/mol. The maximum atomic E-state index is 6.30. The van der Waals surface area contributed by atoms with E-state index >= 15 is 0 Å². The summed E-state index contributed by atoms with van der Waals surface area (Å²) in [5.41, 5.74) is 1.14. The third-order valence-electron chi connectivity index (χ3n) is 3.37. The molecule has 0 aliphatic carbocycles. The third kappa shape index (κ3) is 3.86. The molecule has 0 aromatic heterocycles. The maximum absolute atomic E-state index is 6.30. The van der Waals surface area contributed by atoms with Gasteiger partial charge in [0.1, 0.15) is 0 Å². The van der Waals surface area contributed by atoms with E-state index < -0.39 is 9.04 Å². The Morgan fingerprint density at radius 3 is 1.68 bits per heavy atom. The zero-order valence-electron chi connectivity index (χ0n) is 12.1. The Morgan fingerprint density at radius 2 is 1.18 bits per heavy atom. The molecule has 0 aliphatic rings. The molecule has 0 spiro atoms. The molecule has 0 atom stereocenters. The highest BCUT2D eigenvalue weighted by molar-refractivity contribution is 6.80. The molecule has 0 saturated carbocycles. The van der Waals surface area contributed by atoms with Crippen LogP contribution in [-0.4, -0.2) is 9.04 Å².